The molecule has 0 spiro atoms. The van der Waals surface area contributed by atoms with Gasteiger partial charge in [-0.15, -0.1) is 0 Å². The van der Waals surface area contributed by atoms with Crippen molar-refractivity contribution in [3.63, 3.8) is 0 Å². The van der Waals surface area contributed by atoms with Gasteiger partial charge in [0.2, 0.25) is 0 Å². The summed E-state index contributed by atoms with van der Waals surface area (Å²) in [5.74, 6) is -0.122. The largest absolute Gasteiger partial charge is 0.507 e. The predicted molar refractivity (Wildman–Crippen MR) is 147 cm³/mol. The molecule has 2 fully saturated rings. The van der Waals surface area contributed by atoms with Gasteiger partial charge in [-0.25, -0.2) is 0 Å². The molecule has 3 N–H and O–H groups in total. The molecule has 0 unspecified atom stereocenters. The summed E-state index contributed by atoms with van der Waals surface area (Å²) in [5, 5.41) is 26.5. The zero-order valence-corrected chi connectivity index (χ0v) is 22.0. The van der Waals surface area contributed by atoms with Crippen molar-refractivity contribution >= 4 is 17.3 Å². The number of phenols is 1. The Labute approximate surface area is 224 Å². The van der Waals surface area contributed by atoms with Crippen LogP contribution in [0.4, 0.5) is 0 Å². The molecule has 6 nitrogen and oxygen atoms in total. The fourth-order valence-electron chi connectivity index (χ4n) is 7.55. The first-order valence-electron chi connectivity index (χ1n) is 13.9. The van der Waals surface area contributed by atoms with Crippen LogP contribution in [-0.4, -0.2) is 58.6 Å². The van der Waals surface area contributed by atoms with Gasteiger partial charge in [0.1, 0.15) is 5.75 Å². The third-order valence-corrected chi connectivity index (χ3v) is 9.53. The van der Waals surface area contributed by atoms with E-state index >= 15 is 0 Å². The first kappa shape index (κ1) is 25.1. The molecule has 1 amide bonds. The van der Waals surface area contributed by atoms with Crippen LogP contribution < -0.4 is 5.32 Å². The van der Waals surface area contributed by atoms with Crippen LogP contribution in [0.15, 0.2) is 54.6 Å². The molecule has 1 saturated heterocycles. The number of hydrogen-bond donors (Lipinski definition) is 3. The Hall–Kier alpha value is -3.22. The molecule has 0 radical (unpaired) electrons. The van der Waals surface area contributed by atoms with E-state index in [0.717, 1.165) is 66.5 Å². The number of likely N-dealkylation sites (N-methyl/N-ethyl adjacent to an activating group) is 1. The number of aromatic hydroxyl groups is 1. The number of aliphatic hydroxyl groups is 1. The third kappa shape index (κ3) is 3.93. The number of ketones is 1. The number of fused-ring (bicyclic) bond motifs is 1. The monoisotopic (exact) mass is 512 g/mol. The molecule has 6 heteroatoms. The summed E-state index contributed by atoms with van der Waals surface area (Å²) >= 11 is 0. The summed E-state index contributed by atoms with van der Waals surface area (Å²) in [6, 6.07) is 11.8. The molecule has 1 saturated carbocycles. The predicted octanol–water partition coefficient (Wildman–Crippen LogP) is 4.08. The minimum absolute atomic E-state index is 0.0421. The third-order valence-electron chi connectivity index (χ3n) is 9.53. The molecule has 1 aliphatic heterocycles. The summed E-state index contributed by atoms with van der Waals surface area (Å²) in [7, 11) is 2.09. The van der Waals surface area contributed by atoms with Gasteiger partial charge in [-0.1, -0.05) is 55.3 Å². The highest BCUT2D eigenvalue weighted by atomic mass is 16.3. The van der Waals surface area contributed by atoms with Gasteiger partial charge < -0.3 is 20.4 Å². The Kier molecular flexibility index (Phi) is 6.28. The van der Waals surface area contributed by atoms with Crippen molar-refractivity contribution in [1.29, 1.82) is 0 Å². The van der Waals surface area contributed by atoms with Crippen LogP contribution in [0.25, 0.3) is 5.57 Å². The Balaban J connectivity index is 1.18. The van der Waals surface area contributed by atoms with Crippen molar-refractivity contribution in [3.05, 3.63) is 82.4 Å². The Morgan fingerprint density at radius 2 is 1.89 bits per heavy atom. The van der Waals surface area contributed by atoms with Crippen molar-refractivity contribution < 1.29 is 19.8 Å². The summed E-state index contributed by atoms with van der Waals surface area (Å²) in [6.07, 6.45) is 11.7. The number of nitrogens with zero attached hydrogens (tertiary/aromatic N) is 1. The number of phenolic OH excluding ortho intramolecular Hbond substituents is 1. The van der Waals surface area contributed by atoms with E-state index < -0.39 is 11.0 Å². The van der Waals surface area contributed by atoms with Crippen molar-refractivity contribution in [2.24, 2.45) is 0 Å². The quantitative estimate of drug-likeness (QED) is 0.562. The minimum Gasteiger partial charge on any atom is -0.507 e. The number of benzene rings is 2. The standard InChI is InChI=1S/C32H36N2O4/c1-34-18-16-31-14-2-3-15-32(31,38)27(34)20-24-11-12-26(29(36)28(24)31)30(37)33-17-13-21-7-9-22(10-8-21)23-5-4-6-25(35)19-23/h4-5,7-12,19,27,36,38H,2-3,6,13-18,20H2,1H3,(H,33,37)/t27-,31+,32-/m1/s1. The van der Waals surface area contributed by atoms with Gasteiger partial charge in [-0.2, -0.15) is 0 Å². The van der Waals surface area contributed by atoms with Gasteiger partial charge >= 0.3 is 0 Å². The van der Waals surface area contributed by atoms with Gasteiger partial charge in [-0.3, -0.25) is 9.59 Å². The Morgan fingerprint density at radius 1 is 1.11 bits per heavy atom. The fourth-order valence-corrected chi connectivity index (χ4v) is 7.55. The molecule has 198 valence electrons. The van der Waals surface area contributed by atoms with Crippen molar-refractivity contribution in [2.45, 2.75) is 68.4 Å². The van der Waals surface area contributed by atoms with Crippen LogP contribution in [0.2, 0.25) is 0 Å². The number of likely N-dealkylation sites (tertiary alicyclic amines) is 1. The van der Waals surface area contributed by atoms with Crippen LogP contribution in [-0.2, 0) is 23.1 Å². The number of piperidine rings is 1. The smallest absolute Gasteiger partial charge is 0.255 e. The van der Waals surface area contributed by atoms with Gasteiger partial charge in [0, 0.05) is 30.0 Å². The van der Waals surface area contributed by atoms with E-state index in [1.54, 1.807) is 12.1 Å². The van der Waals surface area contributed by atoms with E-state index in [4.69, 9.17) is 0 Å². The first-order chi connectivity index (χ1) is 18.3. The zero-order valence-electron chi connectivity index (χ0n) is 22.0. The lowest BCUT2D eigenvalue weighted by Gasteiger charge is -2.63. The summed E-state index contributed by atoms with van der Waals surface area (Å²) in [5.41, 5.74) is 3.80. The summed E-state index contributed by atoms with van der Waals surface area (Å²) in [4.78, 5) is 27.2. The van der Waals surface area contributed by atoms with Gasteiger partial charge in [-0.05, 0) is 80.1 Å². The minimum atomic E-state index is -0.874. The highest BCUT2D eigenvalue weighted by Crippen LogP contribution is 2.60. The number of hydrogen-bond acceptors (Lipinski definition) is 5. The normalized spacial score (nSPS) is 28.3. The lowest BCUT2D eigenvalue weighted by atomic mass is 9.49. The lowest BCUT2D eigenvalue weighted by molar-refractivity contribution is -0.161. The maximum Gasteiger partial charge on any atom is 0.255 e. The highest BCUT2D eigenvalue weighted by molar-refractivity contribution is 6.01. The average Bonchev–Trinajstić information content (AvgIpc) is 2.91. The molecule has 2 aromatic carbocycles. The summed E-state index contributed by atoms with van der Waals surface area (Å²) in [6.45, 7) is 1.32. The van der Waals surface area contributed by atoms with E-state index in [9.17, 15) is 19.8 Å². The van der Waals surface area contributed by atoms with Crippen molar-refractivity contribution in [2.75, 3.05) is 20.1 Å². The molecular formula is C32H36N2O4. The van der Waals surface area contributed by atoms with Gasteiger partial charge in [0.15, 0.2) is 5.78 Å². The molecule has 4 aliphatic rings. The van der Waals surface area contributed by atoms with Crippen LogP contribution in [0, 0.1) is 0 Å². The maximum absolute atomic E-state index is 13.2. The van der Waals surface area contributed by atoms with Crippen LogP contribution in [0.3, 0.4) is 0 Å². The lowest BCUT2D eigenvalue weighted by Crippen LogP contribution is -2.71. The van der Waals surface area contributed by atoms with Crippen molar-refractivity contribution in [1.82, 2.24) is 10.2 Å². The Bertz CT molecular complexity index is 1340. The SMILES string of the molecule is CN1CC[C@]23CCCC[C@@]2(O)[C@H]1Cc1ccc(C(=O)NCCc2ccc(C4=CC(=O)CC=C4)cc2)c(O)c13. The average molecular weight is 513 g/mol. The fraction of sp³-hybridized carbons (Fsp3) is 0.438. The highest BCUT2D eigenvalue weighted by Gasteiger charge is 2.63. The molecule has 38 heavy (non-hydrogen) atoms. The molecule has 2 aromatic rings. The maximum atomic E-state index is 13.2. The van der Waals surface area contributed by atoms with Crippen LogP contribution >= 0.6 is 0 Å². The topological polar surface area (TPSA) is 89.9 Å². The van der Waals surface area contributed by atoms with Crippen LogP contribution in [0.5, 0.6) is 5.75 Å². The molecule has 3 atom stereocenters. The number of rotatable bonds is 5. The second-order valence-electron chi connectivity index (χ2n) is 11.5. The second kappa shape index (κ2) is 9.51. The van der Waals surface area contributed by atoms with Gasteiger partial charge in [0.25, 0.3) is 5.91 Å². The van der Waals surface area contributed by atoms with Crippen LogP contribution in [0.1, 0.15) is 71.1 Å². The summed E-state index contributed by atoms with van der Waals surface area (Å²) < 4.78 is 0. The molecule has 2 bridgehead atoms. The number of allylic oxidation sites excluding steroid dienone is 4. The molecule has 3 aliphatic carbocycles. The molecular weight excluding hydrogens is 476 g/mol. The van der Waals surface area contributed by atoms with E-state index in [1.807, 2.05) is 42.5 Å². The molecule has 6 rings (SSSR count). The second-order valence-corrected chi connectivity index (χ2v) is 11.5. The molecule has 0 aromatic heterocycles. The zero-order chi connectivity index (χ0) is 26.5. The number of nitrogens with one attached hydrogen (secondary N) is 1. The number of amides is 1. The van der Waals surface area contributed by atoms with Crippen molar-refractivity contribution in [3.8, 4) is 5.75 Å². The van der Waals surface area contributed by atoms with Gasteiger partial charge in [0.05, 0.1) is 11.2 Å². The number of carbonyl (C=O) groups excluding carboxylic acids is 2. The van der Waals surface area contributed by atoms with E-state index in [2.05, 4.69) is 17.3 Å². The first-order valence-corrected chi connectivity index (χ1v) is 13.9. The van der Waals surface area contributed by atoms with E-state index in [1.165, 1.54) is 0 Å². The molecule has 1 heterocycles. The Morgan fingerprint density at radius 3 is 2.68 bits per heavy atom. The van der Waals surface area contributed by atoms with E-state index in [0.29, 0.717) is 31.4 Å². The van der Waals surface area contributed by atoms with E-state index in [-0.39, 0.29) is 23.5 Å². The number of carbonyl (C=O) groups is 2.